The molecular weight excluding hydrogens is 388 g/mol. The van der Waals surface area contributed by atoms with Crippen LogP contribution in [0.5, 0.6) is 5.75 Å². The maximum atomic E-state index is 12.7. The lowest BCUT2D eigenvalue weighted by atomic mass is 10.2. The highest BCUT2D eigenvalue weighted by molar-refractivity contribution is 7.90. The molecule has 0 saturated heterocycles. The smallest absolute Gasteiger partial charge is 0.241 e. The molecule has 1 amide bonds. The van der Waals surface area contributed by atoms with E-state index in [9.17, 15) is 13.2 Å². The Morgan fingerprint density at radius 1 is 1.14 bits per heavy atom. The SMILES string of the molecule is C=CCN(C(=O)CN(C)CCCOc1cccc(S(C)(=O)=O)c1)c1ccccc1. The predicted molar refractivity (Wildman–Crippen MR) is 116 cm³/mol. The van der Waals surface area contributed by atoms with Gasteiger partial charge in [-0.2, -0.15) is 0 Å². The van der Waals surface area contributed by atoms with E-state index in [4.69, 9.17) is 4.74 Å². The van der Waals surface area contributed by atoms with E-state index in [2.05, 4.69) is 6.58 Å². The normalized spacial score (nSPS) is 11.3. The largest absolute Gasteiger partial charge is 0.494 e. The molecule has 0 heterocycles. The summed E-state index contributed by atoms with van der Waals surface area (Å²) >= 11 is 0. The van der Waals surface area contributed by atoms with Crippen molar-refractivity contribution in [2.24, 2.45) is 0 Å². The highest BCUT2D eigenvalue weighted by Gasteiger charge is 2.16. The first kappa shape index (κ1) is 22.6. The maximum absolute atomic E-state index is 12.7. The van der Waals surface area contributed by atoms with Crippen molar-refractivity contribution in [3.05, 3.63) is 67.3 Å². The van der Waals surface area contributed by atoms with E-state index >= 15 is 0 Å². The molecule has 2 aromatic rings. The van der Waals surface area contributed by atoms with Gasteiger partial charge in [-0.25, -0.2) is 8.42 Å². The number of sulfone groups is 1. The third-order valence-corrected chi connectivity index (χ3v) is 5.38. The number of carbonyl (C=O) groups excluding carboxylic acids is 1. The molecule has 2 aromatic carbocycles. The molecule has 7 heteroatoms. The Morgan fingerprint density at radius 3 is 2.52 bits per heavy atom. The summed E-state index contributed by atoms with van der Waals surface area (Å²) in [6.45, 7) is 5.58. The van der Waals surface area contributed by atoms with Crippen LogP contribution in [0, 0.1) is 0 Å². The van der Waals surface area contributed by atoms with Gasteiger partial charge in [0.2, 0.25) is 5.91 Å². The van der Waals surface area contributed by atoms with Gasteiger partial charge in [0.25, 0.3) is 0 Å². The van der Waals surface area contributed by atoms with Crippen LogP contribution < -0.4 is 9.64 Å². The van der Waals surface area contributed by atoms with Crippen molar-refractivity contribution >= 4 is 21.4 Å². The molecule has 6 nitrogen and oxygen atoms in total. The van der Waals surface area contributed by atoms with Crippen LogP contribution in [0.4, 0.5) is 5.69 Å². The number of benzene rings is 2. The summed E-state index contributed by atoms with van der Waals surface area (Å²) in [5, 5.41) is 0. The first-order valence-electron chi connectivity index (χ1n) is 9.39. The Morgan fingerprint density at radius 2 is 1.86 bits per heavy atom. The fraction of sp³-hybridized carbons (Fsp3) is 0.318. The van der Waals surface area contributed by atoms with E-state index in [0.29, 0.717) is 31.9 Å². The van der Waals surface area contributed by atoms with Crippen LogP contribution in [0.25, 0.3) is 0 Å². The fourth-order valence-corrected chi connectivity index (χ4v) is 3.46. The van der Waals surface area contributed by atoms with Crippen molar-refractivity contribution in [1.29, 1.82) is 0 Å². The Bertz CT molecular complexity index is 913. The van der Waals surface area contributed by atoms with Gasteiger partial charge in [-0.1, -0.05) is 30.3 Å². The van der Waals surface area contributed by atoms with E-state index in [1.165, 1.54) is 12.3 Å². The Kier molecular flexibility index (Phi) is 8.42. The summed E-state index contributed by atoms with van der Waals surface area (Å²) < 4.78 is 28.9. The van der Waals surface area contributed by atoms with Crippen molar-refractivity contribution < 1.29 is 17.9 Å². The molecule has 0 aliphatic heterocycles. The Labute approximate surface area is 173 Å². The van der Waals surface area contributed by atoms with Crippen molar-refractivity contribution in [3.63, 3.8) is 0 Å². The lowest BCUT2D eigenvalue weighted by Crippen LogP contribution is -2.39. The van der Waals surface area contributed by atoms with E-state index in [-0.39, 0.29) is 17.3 Å². The number of hydrogen-bond acceptors (Lipinski definition) is 5. The molecular formula is C22H28N2O4S. The Hall–Kier alpha value is -2.64. The summed E-state index contributed by atoms with van der Waals surface area (Å²) in [7, 11) is -1.37. The minimum atomic E-state index is -3.26. The number of ether oxygens (including phenoxy) is 1. The molecule has 0 spiro atoms. The molecule has 0 unspecified atom stereocenters. The molecule has 0 fully saturated rings. The van der Waals surface area contributed by atoms with Gasteiger partial charge in [0, 0.05) is 25.0 Å². The first-order valence-corrected chi connectivity index (χ1v) is 11.3. The minimum absolute atomic E-state index is 0.000344. The van der Waals surface area contributed by atoms with Crippen LogP contribution >= 0.6 is 0 Å². The third kappa shape index (κ3) is 7.36. The van der Waals surface area contributed by atoms with Crippen molar-refractivity contribution in [2.75, 3.05) is 44.4 Å². The molecule has 0 aliphatic carbocycles. The number of amides is 1. The van der Waals surface area contributed by atoms with Crippen LogP contribution in [0.1, 0.15) is 6.42 Å². The van der Waals surface area contributed by atoms with Gasteiger partial charge in [-0.15, -0.1) is 6.58 Å². The maximum Gasteiger partial charge on any atom is 0.241 e. The number of hydrogen-bond donors (Lipinski definition) is 0. The van der Waals surface area contributed by atoms with Crippen molar-refractivity contribution in [1.82, 2.24) is 4.90 Å². The van der Waals surface area contributed by atoms with Gasteiger partial charge in [-0.3, -0.25) is 9.69 Å². The molecule has 0 radical (unpaired) electrons. The summed E-state index contributed by atoms with van der Waals surface area (Å²) in [6, 6.07) is 16.0. The lowest BCUT2D eigenvalue weighted by molar-refractivity contribution is -0.119. The van der Waals surface area contributed by atoms with E-state index in [1.54, 1.807) is 29.2 Å². The zero-order valence-electron chi connectivity index (χ0n) is 17.0. The number of carbonyl (C=O) groups is 1. The number of likely N-dealkylation sites (N-methyl/N-ethyl adjacent to an activating group) is 1. The topological polar surface area (TPSA) is 66.9 Å². The van der Waals surface area contributed by atoms with Gasteiger partial charge in [0.1, 0.15) is 5.75 Å². The molecule has 156 valence electrons. The highest BCUT2D eigenvalue weighted by atomic mass is 32.2. The van der Waals surface area contributed by atoms with Gasteiger partial charge < -0.3 is 9.64 Å². The third-order valence-electron chi connectivity index (χ3n) is 4.27. The molecule has 0 N–H and O–H groups in total. The zero-order valence-corrected chi connectivity index (χ0v) is 17.8. The first-order chi connectivity index (χ1) is 13.8. The van der Waals surface area contributed by atoms with Gasteiger partial charge in [0.15, 0.2) is 9.84 Å². The fourth-order valence-electron chi connectivity index (χ4n) is 2.80. The van der Waals surface area contributed by atoms with Crippen LogP contribution in [0.2, 0.25) is 0 Å². The van der Waals surface area contributed by atoms with Crippen molar-refractivity contribution in [2.45, 2.75) is 11.3 Å². The summed E-state index contributed by atoms with van der Waals surface area (Å²) in [5.74, 6) is 0.522. The summed E-state index contributed by atoms with van der Waals surface area (Å²) in [5.41, 5.74) is 0.847. The molecule has 0 aromatic heterocycles. The second-order valence-electron chi connectivity index (χ2n) is 6.82. The van der Waals surface area contributed by atoms with Crippen molar-refractivity contribution in [3.8, 4) is 5.75 Å². The standard InChI is InChI=1S/C22H28N2O4S/c1-4-14-24(19-10-6-5-7-11-19)22(25)18-23(2)15-9-16-28-20-12-8-13-21(17-20)29(3,26)27/h4-8,10-13,17H,1,9,14-16,18H2,2-3H3. The Balaban J connectivity index is 1.81. The average molecular weight is 417 g/mol. The number of rotatable bonds is 11. The van der Waals surface area contributed by atoms with Gasteiger partial charge >= 0.3 is 0 Å². The summed E-state index contributed by atoms with van der Waals surface area (Å²) in [4.78, 5) is 16.6. The quantitative estimate of drug-likeness (QED) is 0.416. The predicted octanol–water partition coefficient (Wildman–Crippen LogP) is 3.01. The monoisotopic (exact) mass is 416 g/mol. The molecule has 0 atom stereocenters. The second kappa shape index (κ2) is 10.8. The van der Waals surface area contributed by atoms with E-state index in [0.717, 1.165) is 5.69 Å². The van der Waals surface area contributed by atoms with Crippen LogP contribution in [0.15, 0.2) is 72.1 Å². The van der Waals surface area contributed by atoms with E-state index < -0.39 is 9.84 Å². The van der Waals surface area contributed by atoms with Crippen LogP contribution in [0.3, 0.4) is 0 Å². The van der Waals surface area contributed by atoms with Gasteiger partial charge in [-0.05, 0) is 43.8 Å². The minimum Gasteiger partial charge on any atom is -0.494 e. The molecule has 29 heavy (non-hydrogen) atoms. The highest BCUT2D eigenvalue weighted by Crippen LogP contribution is 2.17. The number of anilines is 1. The van der Waals surface area contributed by atoms with Crippen LogP contribution in [-0.4, -0.2) is 58.8 Å². The number of para-hydroxylation sites is 1. The molecule has 0 saturated carbocycles. The molecule has 0 aliphatic rings. The zero-order chi connectivity index (χ0) is 21.3. The summed E-state index contributed by atoms with van der Waals surface area (Å²) in [6.07, 6.45) is 3.59. The second-order valence-corrected chi connectivity index (χ2v) is 8.83. The molecule has 0 bridgehead atoms. The van der Waals surface area contributed by atoms with Crippen LogP contribution in [-0.2, 0) is 14.6 Å². The average Bonchev–Trinajstić information content (AvgIpc) is 2.69. The number of nitrogens with zero attached hydrogens (tertiary/aromatic N) is 2. The molecule has 2 rings (SSSR count). The van der Waals surface area contributed by atoms with Gasteiger partial charge in [0.05, 0.1) is 18.0 Å². The lowest BCUT2D eigenvalue weighted by Gasteiger charge is -2.24. The van der Waals surface area contributed by atoms with E-state index in [1.807, 2.05) is 42.3 Å².